The van der Waals surface area contributed by atoms with Gasteiger partial charge in [-0.3, -0.25) is 9.59 Å². The molecule has 0 radical (unpaired) electrons. The lowest BCUT2D eigenvalue weighted by molar-refractivity contribution is 0.102. The Labute approximate surface area is 188 Å². The van der Waals surface area contributed by atoms with Gasteiger partial charge >= 0.3 is 0 Å². The van der Waals surface area contributed by atoms with E-state index in [2.05, 4.69) is 10.6 Å². The van der Waals surface area contributed by atoms with Crippen LogP contribution in [-0.2, 0) is 0 Å². The van der Waals surface area contributed by atoms with E-state index in [0.29, 0.717) is 33.8 Å². The van der Waals surface area contributed by atoms with E-state index in [4.69, 9.17) is 39.5 Å². The van der Waals surface area contributed by atoms with Crippen molar-refractivity contribution in [2.75, 3.05) is 17.2 Å². The van der Waals surface area contributed by atoms with Gasteiger partial charge in [-0.2, -0.15) is 0 Å². The molecule has 30 heavy (non-hydrogen) atoms. The minimum atomic E-state index is -0.478. The summed E-state index contributed by atoms with van der Waals surface area (Å²) in [5, 5.41) is 6.45. The molecule has 0 unspecified atom stereocenters. The number of nitrogens with one attached hydrogen (secondary N) is 2. The molecule has 0 aliphatic rings. The molecule has 0 fully saturated rings. The van der Waals surface area contributed by atoms with Gasteiger partial charge in [0.15, 0.2) is 0 Å². The molecule has 154 valence electrons. The van der Waals surface area contributed by atoms with E-state index < -0.39 is 11.8 Å². The molecule has 0 aliphatic carbocycles. The van der Waals surface area contributed by atoms with Crippen LogP contribution in [0.25, 0.3) is 0 Å². The third-order valence-electron chi connectivity index (χ3n) is 4.07. The third-order valence-corrected chi connectivity index (χ3v) is 4.86. The summed E-state index contributed by atoms with van der Waals surface area (Å²) in [6.07, 6.45) is 0. The number of hydrogen-bond donors (Lipinski definition) is 2. The van der Waals surface area contributed by atoms with Gasteiger partial charge in [0.1, 0.15) is 5.75 Å². The van der Waals surface area contributed by atoms with Crippen LogP contribution >= 0.6 is 34.8 Å². The van der Waals surface area contributed by atoms with E-state index in [1.165, 1.54) is 18.2 Å². The van der Waals surface area contributed by atoms with Crippen LogP contribution in [0.4, 0.5) is 11.4 Å². The van der Waals surface area contributed by atoms with Crippen molar-refractivity contribution in [1.82, 2.24) is 0 Å². The highest BCUT2D eigenvalue weighted by atomic mass is 35.5. The summed E-state index contributed by atoms with van der Waals surface area (Å²) in [5.41, 5.74) is 1.30. The molecule has 0 atom stereocenters. The molecule has 5 nitrogen and oxygen atoms in total. The van der Waals surface area contributed by atoms with E-state index in [1.54, 1.807) is 42.5 Å². The average Bonchev–Trinajstić information content (AvgIpc) is 2.71. The quantitative estimate of drug-likeness (QED) is 0.435. The van der Waals surface area contributed by atoms with Crippen molar-refractivity contribution in [3.63, 3.8) is 0 Å². The zero-order chi connectivity index (χ0) is 21.7. The standard InChI is InChI=1S/C22H17Cl3N2O3/c1-2-30-16-7-5-15(6-8-16)26-22(29)18-11-13(23)4-10-20(18)27-21(28)17-9-3-14(24)12-19(17)25/h3-12H,2H2,1H3,(H,26,29)(H,27,28). The lowest BCUT2D eigenvalue weighted by Gasteiger charge is -2.13. The second kappa shape index (κ2) is 9.85. The lowest BCUT2D eigenvalue weighted by Crippen LogP contribution is -2.18. The predicted molar refractivity (Wildman–Crippen MR) is 121 cm³/mol. The molecule has 0 heterocycles. The molecular weight excluding hydrogens is 447 g/mol. The van der Waals surface area contributed by atoms with Crippen molar-refractivity contribution < 1.29 is 14.3 Å². The van der Waals surface area contributed by atoms with E-state index >= 15 is 0 Å². The van der Waals surface area contributed by atoms with Crippen LogP contribution in [0.5, 0.6) is 5.75 Å². The van der Waals surface area contributed by atoms with Crippen LogP contribution in [0, 0.1) is 0 Å². The van der Waals surface area contributed by atoms with Crippen LogP contribution < -0.4 is 15.4 Å². The van der Waals surface area contributed by atoms with Gasteiger partial charge in [0, 0.05) is 15.7 Å². The summed E-state index contributed by atoms with van der Waals surface area (Å²) in [6, 6.07) is 16.1. The van der Waals surface area contributed by atoms with Gasteiger partial charge in [-0.05, 0) is 67.6 Å². The highest BCUT2D eigenvalue weighted by molar-refractivity contribution is 6.37. The van der Waals surface area contributed by atoms with Gasteiger partial charge in [-0.1, -0.05) is 34.8 Å². The van der Waals surface area contributed by atoms with Crippen LogP contribution in [0.2, 0.25) is 15.1 Å². The maximum atomic E-state index is 12.8. The Bertz CT molecular complexity index is 1090. The Morgan fingerprint density at radius 2 is 1.43 bits per heavy atom. The maximum Gasteiger partial charge on any atom is 0.257 e. The van der Waals surface area contributed by atoms with Crippen molar-refractivity contribution in [3.05, 3.63) is 86.9 Å². The molecule has 0 aliphatic heterocycles. The molecule has 2 amide bonds. The van der Waals surface area contributed by atoms with Crippen molar-refractivity contribution >= 4 is 58.0 Å². The first-order chi connectivity index (χ1) is 14.4. The van der Waals surface area contributed by atoms with Crippen LogP contribution in [-0.4, -0.2) is 18.4 Å². The summed E-state index contributed by atoms with van der Waals surface area (Å²) in [7, 11) is 0. The summed E-state index contributed by atoms with van der Waals surface area (Å²) in [6.45, 7) is 2.44. The van der Waals surface area contributed by atoms with E-state index in [0.717, 1.165) is 0 Å². The van der Waals surface area contributed by atoms with Crippen molar-refractivity contribution in [2.24, 2.45) is 0 Å². The number of rotatable bonds is 6. The van der Waals surface area contributed by atoms with E-state index in [1.807, 2.05) is 6.92 Å². The summed E-state index contributed by atoms with van der Waals surface area (Å²) in [5.74, 6) is -0.209. The zero-order valence-electron chi connectivity index (χ0n) is 15.8. The molecule has 3 rings (SSSR count). The van der Waals surface area contributed by atoms with Gasteiger partial charge in [0.05, 0.1) is 28.4 Å². The number of benzene rings is 3. The van der Waals surface area contributed by atoms with Gasteiger partial charge in [0.25, 0.3) is 11.8 Å². The van der Waals surface area contributed by atoms with Crippen molar-refractivity contribution in [3.8, 4) is 5.75 Å². The fourth-order valence-corrected chi connectivity index (χ4v) is 3.34. The second-order valence-electron chi connectivity index (χ2n) is 6.18. The minimum Gasteiger partial charge on any atom is -0.494 e. The number of amides is 2. The first-order valence-corrected chi connectivity index (χ1v) is 10.1. The SMILES string of the molecule is CCOc1ccc(NC(=O)c2cc(Cl)ccc2NC(=O)c2ccc(Cl)cc2Cl)cc1. The second-order valence-corrected chi connectivity index (χ2v) is 7.46. The van der Waals surface area contributed by atoms with Crippen LogP contribution in [0.15, 0.2) is 60.7 Å². The largest absolute Gasteiger partial charge is 0.494 e. The number of halogens is 3. The average molecular weight is 464 g/mol. The number of hydrogen-bond acceptors (Lipinski definition) is 3. The highest BCUT2D eigenvalue weighted by Crippen LogP contribution is 2.26. The third kappa shape index (κ3) is 5.45. The maximum absolute atomic E-state index is 12.8. The molecule has 0 aromatic heterocycles. The Morgan fingerprint density at radius 3 is 2.10 bits per heavy atom. The smallest absolute Gasteiger partial charge is 0.257 e. The number of carbonyl (C=O) groups is 2. The monoisotopic (exact) mass is 462 g/mol. The fourth-order valence-electron chi connectivity index (χ4n) is 2.68. The predicted octanol–water partition coefficient (Wildman–Crippen LogP) is 6.55. The van der Waals surface area contributed by atoms with Crippen molar-refractivity contribution in [2.45, 2.75) is 6.92 Å². The van der Waals surface area contributed by atoms with Gasteiger partial charge < -0.3 is 15.4 Å². The van der Waals surface area contributed by atoms with Gasteiger partial charge in [-0.25, -0.2) is 0 Å². The Hall–Kier alpha value is -2.73. The molecule has 0 saturated carbocycles. The Morgan fingerprint density at radius 1 is 0.800 bits per heavy atom. The van der Waals surface area contributed by atoms with E-state index in [-0.39, 0.29) is 16.1 Å². The first-order valence-electron chi connectivity index (χ1n) is 8.97. The minimum absolute atomic E-state index is 0.203. The number of anilines is 2. The molecule has 2 N–H and O–H groups in total. The molecular formula is C22H17Cl3N2O3. The van der Waals surface area contributed by atoms with Crippen molar-refractivity contribution in [1.29, 1.82) is 0 Å². The van der Waals surface area contributed by atoms with Gasteiger partial charge in [0.2, 0.25) is 0 Å². The summed E-state index contributed by atoms with van der Waals surface area (Å²) < 4.78 is 5.39. The first kappa shape index (κ1) is 22.0. The summed E-state index contributed by atoms with van der Waals surface area (Å²) in [4.78, 5) is 25.5. The van der Waals surface area contributed by atoms with Crippen LogP contribution in [0.1, 0.15) is 27.6 Å². The lowest BCUT2D eigenvalue weighted by atomic mass is 10.1. The number of carbonyl (C=O) groups excluding carboxylic acids is 2. The summed E-state index contributed by atoms with van der Waals surface area (Å²) >= 11 is 18.1. The Balaban J connectivity index is 1.82. The topological polar surface area (TPSA) is 67.4 Å². The van der Waals surface area contributed by atoms with Crippen LogP contribution in [0.3, 0.4) is 0 Å². The molecule has 0 spiro atoms. The molecule has 0 bridgehead atoms. The van der Waals surface area contributed by atoms with E-state index in [9.17, 15) is 9.59 Å². The highest BCUT2D eigenvalue weighted by Gasteiger charge is 2.17. The number of ether oxygens (including phenoxy) is 1. The molecule has 0 saturated heterocycles. The molecule has 8 heteroatoms. The fraction of sp³-hybridized carbons (Fsp3) is 0.0909. The normalized spacial score (nSPS) is 10.4. The molecule has 3 aromatic rings. The molecule has 3 aromatic carbocycles. The van der Waals surface area contributed by atoms with Gasteiger partial charge in [-0.15, -0.1) is 0 Å². The Kier molecular flexibility index (Phi) is 7.21. The zero-order valence-corrected chi connectivity index (χ0v) is 18.1.